The van der Waals surface area contributed by atoms with E-state index in [1.165, 1.54) is 24.3 Å². The highest BCUT2D eigenvalue weighted by Crippen LogP contribution is 2.17. The van der Waals surface area contributed by atoms with E-state index in [1.807, 2.05) is 0 Å². The number of morpholine rings is 1. The molecule has 1 saturated heterocycles. The van der Waals surface area contributed by atoms with Crippen molar-refractivity contribution < 1.29 is 23.0 Å². The van der Waals surface area contributed by atoms with Crippen LogP contribution in [0.15, 0.2) is 24.3 Å². The Kier molecular flexibility index (Phi) is 4.64. The number of alkyl halides is 2. The molecule has 1 unspecified atom stereocenters. The lowest BCUT2D eigenvalue weighted by Crippen LogP contribution is -2.48. The maximum Gasteiger partial charge on any atom is 0.387 e. The predicted molar refractivity (Wildman–Crippen MR) is 64.3 cm³/mol. The summed E-state index contributed by atoms with van der Waals surface area (Å²) >= 11 is 0. The van der Waals surface area contributed by atoms with E-state index in [0.29, 0.717) is 25.4 Å². The SMILES string of the molecule is O=C(Nc1ccc(OC(F)F)cc1)C1COCCN1. The second kappa shape index (κ2) is 6.44. The molecule has 0 bridgehead atoms. The summed E-state index contributed by atoms with van der Waals surface area (Å²) in [6, 6.07) is 5.34. The van der Waals surface area contributed by atoms with Crippen molar-refractivity contribution in [3.8, 4) is 5.75 Å². The Morgan fingerprint density at radius 2 is 2.16 bits per heavy atom. The first-order valence-corrected chi connectivity index (χ1v) is 5.82. The minimum Gasteiger partial charge on any atom is -0.435 e. The molecule has 19 heavy (non-hydrogen) atoms. The molecule has 1 heterocycles. The average Bonchev–Trinajstić information content (AvgIpc) is 2.41. The summed E-state index contributed by atoms with van der Waals surface area (Å²) in [5.41, 5.74) is 0.513. The minimum atomic E-state index is -2.86. The molecule has 2 N–H and O–H groups in total. The number of nitrogens with one attached hydrogen (secondary N) is 2. The van der Waals surface area contributed by atoms with Gasteiger partial charge in [0.15, 0.2) is 0 Å². The van der Waals surface area contributed by atoms with Crippen molar-refractivity contribution in [1.82, 2.24) is 5.32 Å². The van der Waals surface area contributed by atoms with Crippen molar-refractivity contribution in [2.24, 2.45) is 0 Å². The normalized spacial score (nSPS) is 19.2. The molecule has 1 aromatic carbocycles. The quantitative estimate of drug-likeness (QED) is 0.865. The van der Waals surface area contributed by atoms with Gasteiger partial charge in [0.25, 0.3) is 0 Å². The molecule has 5 nitrogen and oxygen atoms in total. The molecule has 1 atom stereocenters. The van der Waals surface area contributed by atoms with Crippen LogP contribution in [0.2, 0.25) is 0 Å². The number of rotatable bonds is 4. The molecule has 1 fully saturated rings. The lowest BCUT2D eigenvalue weighted by atomic mass is 10.2. The van der Waals surface area contributed by atoms with Crippen LogP contribution in [0.25, 0.3) is 0 Å². The van der Waals surface area contributed by atoms with Crippen LogP contribution in [0.4, 0.5) is 14.5 Å². The number of amides is 1. The fourth-order valence-corrected chi connectivity index (χ4v) is 1.68. The van der Waals surface area contributed by atoms with E-state index in [4.69, 9.17) is 4.74 Å². The molecule has 1 aliphatic heterocycles. The average molecular weight is 272 g/mol. The number of carbonyl (C=O) groups excluding carboxylic acids is 1. The Balaban J connectivity index is 1.89. The van der Waals surface area contributed by atoms with Crippen molar-refractivity contribution in [3.05, 3.63) is 24.3 Å². The lowest BCUT2D eigenvalue weighted by Gasteiger charge is -2.22. The molecule has 2 rings (SSSR count). The van der Waals surface area contributed by atoms with Crippen molar-refractivity contribution in [1.29, 1.82) is 0 Å². The summed E-state index contributed by atoms with van der Waals surface area (Å²) in [6.07, 6.45) is 0. The molecule has 0 radical (unpaired) electrons. The first-order valence-electron chi connectivity index (χ1n) is 5.82. The number of halogens is 2. The van der Waals surface area contributed by atoms with Gasteiger partial charge >= 0.3 is 6.61 Å². The lowest BCUT2D eigenvalue weighted by molar-refractivity contribution is -0.120. The molecular formula is C12H14F2N2O3. The predicted octanol–water partition coefficient (Wildman–Crippen LogP) is 1.21. The van der Waals surface area contributed by atoms with Gasteiger partial charge < -0.3 is 20.1 Å². The zero-order valence-electron chi connectivity index (χ0n) is 10.1. The van der Waals surface area contributed by atoms with Gasteiger partial charge in [0.2, 0.25) is 5.91 Å². The smallest absolute Gasteiger partial charge is 0.387 e. The zero-order chi connectivity index (χ0) is 13.7. The van der Waals surface area contributed by atoms with Gasteiger partial charge in [-0.3, -0.25) is 4.79 Å². The largest absolute Gasteiger partial charge is 0.435 e. The molecule has 0 spiro atoms. The summed E-state index contributed by atoms with van der Waals surface area (Å²) in [5.74, 6) is -0.172. The molecule has 1 aromatic rings. The third kappa shape index (κ3) is 4.15. The minimum absolute atomic E-state index is 0.0483. The highest BCUT2D eigenvalue weighted by atomic mass is 19.3. The Bertz CT molecular complexity index is 419. The first-order chi connectivity index (χ1) is 9.15. The Hall–Kier alpha value is -1.73. The van der Waals surface area contributed by atoms with E-state index in [0.717, 1.165) is 0 Å². The third-order valence-corrected chi connectivity index (χ3v) is 2.59. The zero-order valence-corrected chi connectivity index (χ0v) is 10.1. The molecule has 1 aliphatic rings. The second-order valence-electron chi connectivity index (χ2n) is 3.97. The van der Waals surface area contributed by atoms with Crippen LogP contribution < -0.4 is 15.4 Å². The van der Waals surface area contributed by atoms with E-state index < -0.39 is 12.7 Å². The van der Waals surface area contributed by atoms with Crippen molar-refractivity contribution >= 4 is 11.6 Å². The van der Waals surface area contributed by atoms with Crippen LogP contribution in [-0.4, -0.2) is 38.3 Å². The topological polar surface area (TPSA) is 59.6 Å². The summed E-state index contributed by atoms with van der Waals surface area (Å²) in [5, 5.41) is 5.68. The third-order valence-electron chi connectivity index (χ3n) is 2.59. The summed E-state index contributed by atoms with van der Waals surface area (Å²) in [4.78, 5) is 11.8. The van der Waals surface area contributed by atoms with Gasteiger partial charge in [0.1, 0.15) is 11.8 Å². The van der Waals surface area contributed by atoms with E-state index in [9.17, 15) is 13.6 Å². The van der Waals surface area contributed by atoms with E-state index in [-0.39, 0.29) is 11.7 Å². The molecule has 104 valence electrons. The first kappa shape index (κ1) is 13.7. The van der Waals surface area contributed by atoms with Gasteiger partial charge in [-0.2, -0.15) is 8.78 Å². The maximum atomic E-state index is 12.0. The number of hydrogen-bond donors (Lipinski definition) is 2. The fraction of sp³-hybridized carbons (Fsp3) is 0.417. The van der Waals surface area contributed by atoms with Gasteiger partial charge in [-0.05, 0) is 24.3 Å². The molecule has 7 heteroatoms. The maximum absolute atomic E-state index is 12.0. The Morgan fingerprint density at radius 3 is 2.74 bits per heavy atom. The van der Waals surface area contributed by atoms with Crippen molar-refractivity contribution in [3.63, 3.8) is 0 Å². The van der Waals surface area contributed by atoms with Crippen molar-refractivity contribution in [2.75, 3.05) is 25.1 Å². The standard InChI is InChI=1S/C12H14F2N2O3/c13-12(14)19-9-3-1-8(2-4-9)16-11(17)10-7-18-6-5-15-10/h1-4,10,12,15H,5-7H2,(H,16,17). The van der Waals surface area contributed by atoms with Gasteiger partial charge in [-0.25, -0.2) is 0 Å². The highest BCUT2D eigenvalue weighted by Gasteiger charge is 2.21. The molecular weight excluding hydrogens is 258 g/mol. The summed E-state index contributed by atoms with van der Waals surface area (Å²) < 4.78 is 33.3. The van der Waals surface area contributed by atoms with Crippen molar-refractivity contribution in [2.45, 2.75) is 12.7 Å². The Labute approximate surface area is 108 Å². The Morgan fingerprint density at radius 1 is 1.42 bits per heavy atom. The fourth-order valence-electron chi connectivity index (χ4n) is 1.68. The van der Waals surface area contributed by atoms with Gasteiger partial charge in [0, 0.05) is 12.2 Å². The summed E-state index contributed by atoms with van der Waals surface area (Å²) in [7, 11) is 0. The molecule has 0 saturated carbocycles. The van der Waals surface area contributed by atoms with Gasteiger partial charge in [0.05, 0.1) is 13.2 Å². The monoisotopic (exact) mass is 272 g/mol. The van der Waals surface area contributed by atoms with Crippen LogP contribution in [0.1, 0.15) is 0 Å². The van der Waals surface area contributed by atoms with E-state index in [1.54, 1.807) is 0 Å². The van der Waals surface area contributed by atoms with E-state index in [2.05, 4.69) is 15.4 Å². The van der Waals surface area contributed by atoms with Crippen LogP contribution in [0.5, 0.6) is 5.75 Å². The number of benzene rings is 1. The van der Waals surface area contributed by atoms with Gasteiger partial charge in [-0.15, -0.1) is 0 Å². The van der Waals surface area contributed by atoms with Crippen LogP contribution in [0, 0.1) is 0 Å². The molecule has 0 aromatic heterocycles. The van der Waals surface area contributed by atoms with Crippen LogP contribution >= 0.6 is 0 Å². The number of anilines is 1. The molecule has 0 aliphatic carbocycles. The number of carbonyl (C=O) groups is 1. The number of hydrogen-bond acceptors (Lipinski definition) is 4. The highest BCUT2D eigenvalue weighted by molar-refractivity contribution is 5.95. The van der Waals surface area contributed by atoms with E-state index >= 15 is 0 Å². The number of ether oxygens (including phenoxy) is 2. The second-order valence-corrected chi connectivity index (χ2v) is 3.97. The summed E-state index contributed by atoms with van der Waals surface area (Å²) in [6.45, 7) is -1.33. The van der Waals surface area contributed by atoms with Crippen LogP contribution in [0.3, 0.4) is 0 Å². The van der Waals surface area contributed by atoms with Gasteiger partial charge in [-0.1, -0.05) is 0 Å². The molecule has 1 amide bonds. The van der Waals surface area contributed by atoms with Crippen LogP contribution in [-0.2, 0) is 9.53 Å².